The van der Waals surface area contributed by atoms with E-state index in [0.717, 1.165) is 11.8 Å². The highest BCUT2D eigenvalue weighted by Gasteiger charge is 2.05. The van der Waals surface area contributed by atoms with E-state index in [1.54, 1.807) is 6.92 Å². The smallest absolute Gasteiger partial charge is 0.142 e. The van der Waals surface area contributed by atoms with Crippen molar-refractivity contribution in [3.8, 4) is 0 Å². The fourth-order valence-electron chi connectivity index (χ4n) is 0.307. The van der Waals surface area contributed by atoms with Crippen LogP contribution in [0.15, 0.2) is 0 Å². The topological polar surface area (TPSA) is 17.1 Å². The van der Waals surface area contributed by atoms with Crippen molar-refractivity contribution < 1.29 is 4.79 Å². The molecule has 48 valence electrons. The van der Waals surface area contributed by atoms with Gasteiger partial charge in [-0.25, -0.2) is 0 Å². The van der Waals surface area contributed by atoms with Crippen molar-refractivity contribution in [1.82, 2.24) is 0 Å². The van der Waals surface area contributed by atoms with Crippen LogP contribution in [0.2, 0.25) is 0 Å². The fourth-order valence-corrected chi connectivity index (χ4v) is 1.25. The van der Waals surface area contributed by atoms with E-state index in [4.69, 9.17) is 0 Å². The van der Waals surface area contributed by atoms with Crippen LogP contribution in [0, 0.1) is 0 Å². The lowest BCUT2D eigenvalue weighted by Crippen LogP contribution is -2.09. The van der Waals surface area contributed by atoms with Crippen LogP contribution in [-0.2, 0) is 4.79 Å². The Bertz CT molecular complexity index is 84.5. The van der Waals surface area contributed by atoms with Crippen molar-refractivity contribution in [3.63, 3.8) is 0 Å². The SMILES string of the molecule is CC(=O)C(S)CCBr. The van der Waals surface area contributed by atoms with Gasteiger partial charge in [0.2, 0.25) is 0 Å². The van der Waals surface area contributed by atoms with E-state index in [1.807, 2.05) is 0 Å². The van der Waals surface area contributed by atoms with E-state index in [-0.39, 0.29) is 11.0 Å². The lowest BCUT2D eigenvalue weighted by atomic mass is 10.2. The standard InChI is InChI=1S/C5H9BrOS/c1-4(7)5(8)2-3-6/h5,8H,2-3H2,1H3. The van der Waals surface area contributed by atoms with E-state index in [1.165, 1.54) is 0 Å². The third-order valence-electron chi connectivity index (χ3n) is 0.852. The molecule has 0 spiro atoms. The summed E-state index contributed by atoms with van der Waals surface area (Å²) in [5.74, 6) is 0.146. The molecule has 0 N–H and O–H groups in total. The molecule has 0 aliphatic carbocycles. The molecule has 1 nitrogen and oxygen atoms in total. The van der Waals surface area contributed by atoms with Gasteiger partial charge in [0.1, 0.15) is 5.78 Å². The van der Waals surface area contributed by atoms with Gasteiger partial charge in [-0.1, -0.05) is 15.9 Å². The van der Waals surface area contributed by atoms with Crippen molar-refractivity contribution in [3.05, 3.63) is 0 Å². The number of Topliss-reactive ketones (excluding diaryl/α,β-unsaturated/α-hetero) is 1. The number of hydrogen-bond acceptors (Lipinski definition) is 2. The number of carbonyl (C=O) groups is 1. The van der Waals surface area contributed by atoms with Crippen molar-refractivity contribution in [2.45, 2.75) is 18.6 Å². The fraction of sp³-hybridized carbons (Fsp3) is 0.800. The first-order chi connectivity index (χ1) is 3.68. The van der Waals surface area contributed by atoms with Gasteiger partial charge in [-0.3, -0.25) is 4.79 Å². The minimum Gasteiger partial charge on any atom is -0.299 e. The molecule has 0 amide bonds. The van der Waals surface area contributed by atoms with E-state index < -0.39 is 0 Å². The Morgan fingerprint density at radius 1 is 1.88 bits per heavy atom. The Balaban J connectivity index is 3.32. The summed E-state index contributed by atoms with van der Waals surface area (Å²) in [5.41, 5.74) is 0. The summed E-state index contributed by atoms with van der Waals surface area (Å²) < 4.78 is 0. The highest BCUT2D eigenvalue weighted by Crippen LogP contribution is 2.03. The lowest BCUT2D eigenvalue weighted by molar-refractivity contribution is -0.116. The molecule has 0 rings (SSSR count). The molecular formula is C5H9BrOS. The highest BCUT2D eigenvalue weighted by molar-refractivity contribution is 9.09. The van der Waals surface area contributed by atoms with Gasteiger partial charge in [-0.05, 0) is 13.3 Å². The van der Waals surface area contributed by atoms with E-state index in [0.29, 0.717) is 0 Å². The molecule has 1 unspecified atom stereocenters. The molecule has 0 aromatic carbocycles. The van der Waals surface area contributed by atoms with Crippen molar-refractivity contribution in [2.75, 3.05) is 5.33 Å². The van der Waals surface area contributed by atoms with Crippen LogP contribution >= 0.6 is 28.6 Å². The number of hydrogen-bond donors (Lipinski definition) is 1. The van der Waals surface area contributed by atoms with Crippen molar-refractivity contribution in [1.29, 1.82) is 0 Å². The third-order valence-corrected chi connectivity index (χ3v) is 1.93. The predicted molar refractivity (Wildman–Crippen MR) is 41.9 cm³/mol. The average molecular weight is 197 g/mol. The predicted octanol–water partition coefficient (Wildman–Crippen LogP) is 1.66. The first-order valence-electron chi connectivity index (χ1n) is 2.43. The number of rotatable bonds is 3. The second-order valence-electron chi connectivity index (χ2n) is 1.60. The molecule has 0 aliphatic rings. The summed E-state index contributed by atoms with van der Waals surface area (Å²) in [6.07, 6.45) is 0.818. The first kappa shape index (κ1) is 8.50. The Labute approximate surface area is 63.4 Å². The van der Waals surface area contributed by atoms with Crippen LogP contribution in [0.25, 0.3) is 0 Å². The molecule has 0 bridgehead atoms. The van der Waals surface area contributed by atoms with E-state index in [9.17, 15) is 4.79 Å². The van der Waals surface area contributed by atoms with Gasteiger partial charge < -0.3 is 0 Å². The Morgan fingerprint density at radius 2 is 2.38 bits per heavy atom. The number of carbonyl (C=O) groups excluding carboxylic acids is 1. The van der Waals surface area contributed by atoms with E-state index >= 15 is 0 Å². The first-order valence-corrected chi connectivity index (χ1v) is 4.06. The van der Waals surface area contributed by atoms with Gasteiger partial charge >= 0.3 is 0 Å². The summed E-state index contributed by atoms with van der Waals surface area (Å²) in [4.78, 5) is 10.4. The van der Waals surface area contributed by atoms with Gasteiger partial charge in [0.05, 0.1) is 5.25 Å². The normalized spacial score (nSPS) is 13.4. The second-order valence-corrected chi connectivity index (χ2v) is 3.02. The summed E-state index contributed by atoms with van der Waals surface area (Å²) in [7, 11) is 0. The second kappa shape index (κ2) is 4.39. The molecule has 0 fully saturated rings. The van der Waals surface area contributed by atoms with Crippen LogP contribution in [0.4, 0.5) is 0 Å². The van der Waals surface area contributed by atoms with Crippen LogP contribution in [0.3, 0.4) is 0 Å². The molecule has 0 heterocycles. The van der Waals surface area contributed by atoms with Gasteiger partial charge in [0.15, 0.2) is 0 Å². The zero-order chi connectivity index (χ0) is 6.57. The van der Waals surface area contributed by atoms with Crippen LogP contribution < -0.4 is 0 Å². The molecule has 8 heavy (non-hydrogen) atoms. The van der Waals surface area contributed by atoms with E-state index in [2.05, 4.69) is 28.6 Å². The number of ketones is 1. The maximum Gasteiger partial charge on any atom is 0.142 e. The van der Waals surface area contributed by atoms with Gasteiger partial charge in [0.25, 0.3) is 0 Å². The minimum absolute atomic E-state index is 0.0747. The summed E-state index contributed by atoms with van der Waals surface area (Å²) in [6.45, 7) is 1.56. The van der Waals surface area contributed by atoms with Crippen LogP contribution in [-0.4, -0.2) is 16.4 Å². The molecule has 0 saturated carbocycles. The van der Waals surface area contributed by atoms with Crippen molar-refractivity contribution in [2.24, 2.45) is 0 Å². The number of halogens is 1. The zero-order valence-electron chi connectivity index (χ0n) is 4.72. The largest absolute Gasteiger partial charge is 0.299 e. The molecule has 0 aromatic rings. The maximum atomic E-state index is 10.4. The monoisotopic (exact) mass is 196 g/mol. The summed E-state index contributed by atoms with van der Waals surface area (Å²) in [6, 6.07) is 0. The van der Waals surface area contributed by atoms with Crippen LogP contribution in [0.1, 0.15) is 13.3 Å². The van der Waals surface area contributed by atoms with Gasteiger partial charge in [-0.15, -0.1) is 0 Å². The highest BCUT2D eigenvalue weighted by atomic mass is 79.9. The quantitative estimate of drug-likeness (QED) is 0.537. The van der Waals surface area contributed by atoms with Gasteiger partial charge in [0, 0.05) is 5.33 Å². The lowest BCUT2D eigenvalue weighted by Gasteiger charge is -2.00. The maximum absolute atomic E-state index is 10.4. The molecule has 1 atom stereocenters. The molecule has 0 saturated heterocycles. The molecular weight excluding hydrogens is 188 g/mol. The molecule has 0 radical (unpaired) electrons. The molecule has 3 heteroatoms. The Morgan fingerprint density at radius 3 is 2.50 bits per heavy atom. The van der Waals surface area contributed by atoms with Crippen LogP contribution in [0.5, 0.6) is 0 Å². The Hall–Kier alpha value is 0.500. The zero-order valence-corrected chi connectivity index (χ0v) is 7.21. The summed E-state index contributed by atoms with van der Waals surface area (Å²) in [5, 5.41) is 0.773. The number of alkyl halides is 1. The third kappa shape index (κ3) is 3.50. The Kier molecular flexibility index (Phi) is 4.66. The number of thiol groups is 1. The molecule has 0 aromatic heterocycles. The van der Waals surface area contributed by atoms with Crippen molar-refractivity contribution >= 4 is 34.3 Å². The van der Waals surface area contributed by atoms with Gasteiger partial charge in [-0.2, -0.15) is 12.6 Å². The molecule has 0 aliphatic heterocycles. The minimum atomic E-state index is -0.0747. The summed E-state index contributed by atoms with van der Waals surface area (Å²) >= 11 is 7.24. The average Bonchev–Trinajstić information content (AvgIpc) is 1.67.